The molecule has 4 atom stereocenters. The Hall–Kier alpha value is -1.58. The van der Waals surface area contributed by atoms with Gasteiger partial charge in [-0.25, -0.2) is 0 Å². The Kier molecular flexibility index (Phi) is 6.93. The van der Waals surface area contributed by atoms with Gasteiger partial charge in [0.2, 0.25) is 0 Å². The summed E-state index contributed by atoms with van der Waals surface area (Å²) in [6.07, 6.45) is 10.5. The van der Waals surface area contributed by atoms with Gasteiger partial charge in [-0.3, -0.25) is 9.59 Å². The van der Waals surface area contributed by atoms with Gasteiger partial charge in [0.1, 0.15) is 6.61 Å². The highest BCUT2D eigenvalue weighted by molar-refractivity contribution is 5.77. The lowest BCUT2D eigenvalue weighted by molar-refractivity contribution is -0.156. The molecule has 2 rings (SSSR count). The molecule has 152 valence electrons. The summed E-state index contributed by atoms with van der Waals surface area (Å²) < 4.78 is 10.2. The predicted molar refractivity (Wildman–Crippen MR) is 107 cm³/mol. The number of carbonyl (C=O) groups excluding carboxylic acids is 2. The first-order valence-electron chi connectivity index (χ1n) is 10.2. The van der Waals surface area contributed by atoms with Crippen LogP contribution in [0.25, 0.3) is 0 Å². The van der Waals surface area contributed by atoms with Crippen molar-refractivity contribution >= 4 is 11.9 Å². The fourth-order valence-electron chi connectivity index (χ4n) is 5.04. The third-order valence-corrected chi connectivity index (χ3v) is 7.22. The summed E-state index contributed by atoms with van der Waals surface area (Å²) in [5.41, 5.74) is 2.41. The number of hydrogen-bond donors (Lipinski definition) is 0. The largest absolute Gasteiger partial charge is 0.469 e. The van der Waals surface area contributed by atoms with Crippen LogP contribution in [-0.4, -0.2) is 25.7 Å². The molecule has 2 aliphatic rings. The van der Waals surface area contributed by atoms with Crippen LogP contribution in [0.5, 0.6) is 0 Å². The molecular weight excluding hydrogens is 340 g/mol. The quantitative estimate of drug-likeness (QED) is 0.470. The zero-order valence-corrected chi connectivity index (χ0v) is 17.9. The molecule has 0 heterocycles. The maximum absolute atomic E-state index is 12.6. The molecule has 0 amide bonds. The number of allylic oxidation sites excluding steroid dienone is 3. The Labute approximate surface area is 164 Å². The number of carbonyl (C=O) groups is 2. The van der Waals surface area contributed by atoms with E-state index in [0.29, 0.717) is 12.5 Å². The van der Waals surface area contributed by atoms with E-state index in [4.69, 9.17) is 9.47 Å². The van der Waals surface area contributed by atoms with E-state index in [9.17, 15) is 9.59 Å². The van der Waals surface area contributed by atoms with Gasteiger partial charge in [-0.15, -0.1) is 0 Å². The number of fused-ring (bicyclic) bond motifs is 1. The van der Waals surface area contributed by atoms with Gasteiger partial charge in [-0.1, -0.05) is 31.1 Å². The zero-order chi connectivity index (χ0) is 20.2. The molecule has 4 unspecified atom stereocenters. The minimum atomic E-state index is -0.402. The normalized spacial score (nSPS) is 33.7. The lowest BCUT2D eigenvalue weighted by Gasteiger charge is -2.53. The maximum atomic E-state index is 12.6. The van der Waals surface area contributed by atoms with Crippen LogP contribution in [0.4, 0.5) is 0 Å². The van der Waals surface area contributed by atoms with Crippen molar-refractivity contribution in [2.24, 2.45) is 22.7 Å². The van der Waals surface area contributed by atoms with Crippen LogP contribution in [0.15, 0.2) is 23.3 Å². The molecule has 27 heavy (non-hydrogen) atoms. The molecular formula is C23H36O4. The van der Waals surface area contributed by atoms with Gasteiger partial charge in [0.15, 0.2) is 0 Å². The van der Waals surface area contributed by atoms with Gasteiger partial charge in [0, 0.05) is 6.92 Å². The minimum absolute atomic E-state index is 0.0625. The van der Waals surface area contributed by atoms with Gasteiger partial charge >= 0.3 is 11.9 Å². The highest BCUT2D eigenvalue weighted by Crippen LogP contribution is 2.58. The first-order valence-corrected chi connectivity index (χ1v) is 10.2. The first-order chi connectivity index (χ1) is 12.6. The van der Waals surface area contributed by atoms with E-state index < -0.39 is 5.41 Å². The third kappa shape index (κ3) is 4.47. The summed E-state index contributed by atoms with van der Waals surface area (Å²) in [7, 11) is 1.51. The molecule has 0 N–H and O–H groups in total. The fraction of sp³-hybridized carbons (Fsp3) is 0.739. The Bertz CT molecular complexity index is 632. The number of ether oxygens (including phenoxy) is 2. The van der Waals surface area contributed by atoms with E-state index in [1.54, 1.807) is 0 Å². The summed E-state index contributed by atoms with van der Waals surface area (Å²) in [4.78, 5) is 23.5. The topological polar surface area (TPSA) is 52.6 Å². The molecule has 0 aromatic heterocycles. The Morgan fingerprint density at radius 1 is 1.26 bits per heavy atom. The molecule has 0 radical (unpaired) electrons. The predicted octanol–water partition coefficient (Wildman–Crippen LogP) is 5.23. The molecule has 0 aromatic rings. The molecule has 4 heteroatoms. The van der Waals surface area contributed by atoms with E-state index in [-0.39, 0.29) is 23.3 Å². The van der Waals surface area contributed by atoms with Crippen molar-refractivity contribution < 1.29 is 19.1 Å². The Morgan fingerprint density at radius 3 is 2.59 bits per heavy atom. The molecule has 1 fully saturated rings. The summed E-state index contributed by atoms with van der Waals surface area (Å²) >= 11 is 0. The molecule has 0 bridgehead atoms. The third-order valence-electron chi connectivity index (χ3n) is 7.22. The fourth-order valence-corrected chi connectivity index (χ4v) is 5.04. The minimum Gasteiger partial charge on any atom is -0.469 e. The van der Waals surface area contributed by atoms with Crippen LogP contribution in [0.1, 0.15) is 73.1 Å². The van der Waals surface area contributed by atoms with Crippen molar-refractivity contribution in [2.75, 3.05) is 13.7 Å². The number of hydrogen-bond acceptors (Lipinski definition) is 4. The van der Waals surface area contributed by atoms with Crippen LogP contribution < -0.4 is 0 Å². The number of rotatable bonds is 6. The highest BCUT2D eigenvalue weighted by atomic mass is 16.5. The van der Waals surface area contributed by atoms with Crippen LogP contribution in [0.3, 0.4) is 0 Å². The smallest absolute Gasteiger partial charge is 0.312 e. The van der Waals surface area contributed by atoms with E-state index in [1.165, 1.54) is 25.2 Å². The van der Waals surface area contributed by atoms with Gasteiger partial charge in [-0.05, 0) is 75.7 Å². The second-order valence-corrected chi connectivity index (χ2v) is 8.91. The lowest BCUT2D eigenvalue weighted by Crippen LogP contribution is -2.47. The summed E-state index contributed by atoms with van der Waals surface area (Å²) in [6, 6.07) is 0. The van der Waals surface area contributed by atoms with Crippen molar-refractivity contribution in [2.45, 2.75) is 73.1 Å². The van der Waals surface area contributed by atoms with Crippen molar-refractivity contribution in [3.05, 3.63) is 23.3 Å². The van der Waals surface area contributed by atoms with Crippen molar-refractivity contribution in [1.29, 1.82) is 0 Å². The molecule has 2 aliphatic carbocycles. The Morgan fingerprint density at radius 2 is 1.96 bits per heavy atom. The van der Waals surface area contributed by atoms with Crippen molar-refractivity contribution in [1.82, 2.24) is 0 Å². The van der Waals surface area contributed by atoms with Crippen molar-refractivity contribution in [3.63, 3.8) is 0 Å². The van der Waals surface area contributed by atoms with Gasteiger partial charge in [0.25, 0.3) is 0 Å². The lowest BCUT2D eigenvalue weighted by atomic mass is 9.51. The first kappa shape index (κ1) is 21.7. The molecule has 0 aliphatic heterocycles. The van der Waals surface area contributed by atoms with Gasteiger partial charge < -0.3 is 9.47 Å². The number of methoxy groups -OCH3 is 1. The average molecular weight is 377 g/mol. The maximum Gasteiger partial charge on any atom is 0.312 e. The second kappa shape index (κ2) is 8.62. The standard InChI is InChI=1S/C23H36O4/c1-16(12-15-27-18(3)24)11-14-22(4)17(2)9-10-20-19(22)8-7-13-23(20,5)21(25)26-6/h8,12,17,20H,7,9-11,13-15H2,1-6H3. The van der Waals surface area contributed by atoms with E-state index in [2.05, 4.69) is 33.8 Å². The van der Waals surface area contributed by atoms with Crippen LogP contribution in [0.2, 0.25) is 0 Å². The van der Waals surface area contributed by atoms with Crippen molar-refractivity contribution in [3.8, 4) is 0 Å². The molecule has 0 saturated heterocycles. The monoisotopic (exact) mass is 376 g/mol. The van der Waals surface area contributed by atoms with E-state index in [1.807, 2.05) is 6.08 Å². The Balaban J connectivity index is 2.18. The second-order valence-electron chi connectivity index (χ2n) is 8.91. The van der Waals surface area contributed by atoms with E-state index in [0.717, 1.165) is 38.5 Å². The average Bonchev–Trinajstić information content (AvgIpc) is 2.62. The zero-order valence-electron chi connectivity index (χ0n) is 17.9. The summed E-state index contributed by atoms with van der Waals surface area (Å²) in [5.74, 6) is 0.558. The van der Waals surface area contributed by atoms with Crippen LogP contribution in [0, 0.1) is 22.7 Å². The van der Waals surface area contributed by atoms with Crippen LogP contribution >= 0.6 is 0 Å². The molecule has 0 spiro atoms. The van der Waals surface area contributed by atoms with Crippen LogP contribution in [-0.2, 0) is 19.1 Å². The van der Waals surface area contributed by atoms with E-state index >= 15 is 0 Å². The number of esters is 2. The molecule has 4 nitrogen and oxygen atoms in total. The van der Waals surface area contributed by atoms with Gasteiger partial charge in [-0.2, -0.15) is 0 Å². The van der Waals surface area contributed by atoms with Gasteiger partial charge in [0.05, 0.1) is 12.5 Å². The summed E-state index contributed by atoms with van der Waals surface area (Å²) in [5, 5.41) is 0. The molecule has 0 aromatic carbocycles. The molecule has 1 saturated carbocycles. The SMILES string of the molecule is COC(=O)C1(C)CCC=C2C1CCC(C)C2(C)CCC(C)=CCOC(C)=O. The highest BCUT2D eigenvalue weighted by Gasteiger charge is 2.52. The summed E-state index contributed by atoms with van der Waals surface area (Å²) in [6.45, 7) is 10.7.